The largest absolute Gasteiger partial charge is 0.365 e. The Morgan fingerprint density at radius 3 is 2.67 bits per heavy atom. The van der Waals surface area contributed by atoms with E-state index in [1.807, 2.05) is 0 Å². The second kappa shape index (κ2) is 7.15. The van der Waals surface area contributed by atoms with E-state index in [9.17, 15) is 13.6 Å². The first-order chi connectivity index (χ1) is 13.1. The summed E-state index contributed by atoms with van der Waals surface area (Å²) in [5, 5.41) is 3.15. The second-order valence-corrected chi connectivity index (χ2v) is 6.36. The monoisotopic (exact) mass is 365 g/mol. The average Bonchev–Trinajstić information content (AvgIpc) is 3.10. The SMILES string of the molecule is O=C(c1cccnc1NCc1ccc(F)cc1)N1CCc2cc(F)ccc21. The van der Waals surface area contributed by atoms with Gasteiger partial charge in [-0.1, -0.05) is 12.1 Å². The molecule has 136 valence electrons. The molecule has 0 unspecified atom stereocenters. The van der Waals surface area contributed by atoms with Crippen molar-refractivity contribution in [3.63, 3.8) is 0 Å². The van der Waals surface area contributed by atoms with Gasteiger partial charge in [-0.05, 0) is 60.0 Å². The zero-order chi connectivity index (χ0) is 18.8. The van der Waals surface area contributed by atoms with E-state index in [-0.39, 0.29) is 17.5 Å². The van der Waals surface area contributed by atoms with Crippen molar-refractivity contribution >= 4 is 17.4 Å². The molecule has 2 aromatic carbocycles. The number of amides is 1. The van der Waals surface area contributed by atoms with Crippen LogP contribution in [0.25, 0.3) is 0 Å². The Kier molecular flexibility index (Phi) is 4.54. The summed E-state index contributed by atoms with van der Waals surface area (Å²) in [5.41, 5.74) is 2.88. The lowest BCUT2D eigenvalue weighted by Crippen LogP contribution is -2.29. The van der Waals surface area contributed by atoms with Crippen molar-refractivity contribution in [2.75, 3.05) is 16.8 Å². The van der Waals surface area contributed by atoms with Gasteiger partial charge in [-0.3, -0.25) is 4.79 Å². The van der Waals surface area contributed by atoms with Crippen LogP contribution >= 0.6 is 0 Å². The van der Waals surface area contributed by atoms with E-state index in [1.54, 1.807) is 41.4 Å². The number of nitrogens with one attached hydrogen (secondary N) is 1. The molecule has 1 N–H and O–H groups in total. The molecule has 4 nitrogen and oxygen atoms in total. The summed E-state index contributed by atoms with van der Waals surface area (Å²) in [6.45, 7) is 0.920. The fourth-order valence-electron chi connectivity index (χ4n) is 3.23. The molecular formula is C21H17F2N3O. The zero-order valence-electron chi connectivity index (χ0n) is 14.5. The standard InChI is InChI=1S/C21H17F2N3O/c22-16-5-3-14(4-6-16)13-25-20-18(2-1-10-24-20)21(27)26-11-9-15-12-17(23)7-8-19(15)26/h1-8,10,12H,9,11,13H2,(H,24,25). The molecule has 1 amide bonds. The molecule has 0 radical (unpaired) electrons. The van der Waals surface area contributed by atoms with Gasteiger partial charge in [0, 0.05) is 25.0 Å². The van der Waals surface area contributed by atoms with E-state index in [0.717, 1.165) is 16.8 Å². The quantitative estimate of drug-likeness (QED) is 0.755. The van der Waals surface area contributed by atoms with E-state index < -0.39 is 0 Å². The van der Waals surface area contributed by atoms with E-state index in [0.29, 0.717) is 30.9 Å². The van der Waals surface area contributed by atoms with E-state index >= 15 is 0 Å². The number of fused-ring (bicyclic) bond motifs is 1. The summed E-state index contributed by atoms with van der Waals surface area (Å²) in [6.07, 6.45) is 2.23. The molecule has 0 saturated carbocycles. The lowest BCUT2D eigenvalue weighted by Gasteiger charge is -2.19. The maximum Gasteiger partial charge on any atom is 0.262 e. The Morgan fingerprint density at radius 2 is 1.85 bits per heavy atom. The summed E-state index contributed by atoms with van der Waals surface area (Å²) in [5.74, 6) is -0.319. The number of halogens is 2. The van der Waals surface area contributed by atoms with Gasteiger partial charge in [-0.25, -0.2) is 13.8 Å². The van der Waals surface area contributed by atoms with Crippen LogP contribution in [-0.4, -0.2) is 17.4 Å². The van der Waals surface area contributed by atoms with Crippen LogP contribution < -0.4 is 10.2 Å². The van der Waals surface area contributed by atoms with Gasteiger partial charge >= 0.3 is 0 Å². The molecule has 6 heteroatoms. The third-order valence-electron chi connectivity index (χ3n) is 4.59. The fraction of sp³-hybridized carbons (Fsp3) is 0.143. The number of carbonyl (C=O) groups excluding carboxylic acids is 1. The van der Waals surface area contributed by atoms with Crippen molar-refractivity contribution in [3.05, 3.63) is 89.1 Å². The first-order valence-electron chi connectivity index (χ1n) is 8.65. The number of aromatic nitrogens is 1. The highest BCUT2D eigenvalue weighted by Crippen LogP contribution is 2.30. The van der Waals surface area contributed by atoms with Crippen molar-refractivity contribution in [1.29, 1.82) is 0 Å². The summed E-state index contributed by atoms with van der Waals surface area (Å²) < 4.78 is 26.4. The molecule has 1 aliphatic rings. The van der Waals surface area contributed by atoms with Crippen LogP contribution in [0.4, 0.5) is 20.3 Å². The number of hydrogen-bond acceptors (Lipinski definition) is 3. The minimum absolute atomic E-state index is 0.185. The van der Waals surface area contributed by atoms with Crippen LogP contribution in [0.5, 0.6) is 0 Å². The molecule has 0 bridgehead atoms. The van der Waals surface area contributed by atoms with E-state index in [2.05, 4.69) is 10.3 Å². The van der Waals surface area contributed by atoms with Crippen LogP contribution in [0.2, 0.25) is 0 Å². The molecule has 2 heterocycles. The van der Waals surface area contributed by atoms with Crippen molar-refractivity contribution in [3.8, 4) is 0 Å². The third-order valence-corrected chi connectivity index (χ3v) is 4.59. The van der Waals surface area contributed by atoms with Gasteiger partial charge in [0.2, 0.25) is 0 Å². The Bertz CT molecular complexity index is 989. The van der Waals surface area contributed by atoms with Gasteiger partial charge in [0.1, 0.15) is 17.5 Å². The number of hydrogen-bond donors (Lipinski definition) is 1. The Morgan fingerprint density at radius 1 is 1.07 bits per heavy atom. The van der Waals surface area contributed by atoms with Gasteiger partial charge in [0.15, 0.2) is 0 Å². The highest BCUT2D eigenvalue weighted by molar-refractivity contribution is 6.10. The predicted octanol–water partition coefficient (Wildman–Crippen LogP) is 4.17. The number of carbonyl (C=O) groups is 1. The average molecular weight is 365 g/mol. The highest BCUT2D eigenvalue weighted by atomic mass is 19.1. The van der Waals surface area contributed by atoms with Crippen molar-refractivity contribution in [2.45, 2.75) is 13.0 Å². The van der Waals surface area contributed by atoms with E-state index in [1.165, 1.54) is 24.3 Å². The van der Waals surface area contributed by atoms with Crippen molar-refractivity contribution in [2.24, 2.45) is 0 Å². The number of anilines is 2. The topological polar surface area (TPSA) is 45.2 Å². The molecule has 0 fully saturated rings. The normalized spacial score (nSPS) is 12.7. The van der Waals surface area contributed by atoms with Gasteiger partial charge in [0.25, 0.3) is 5.91 Å². The van der Waals surface area contributed by atoms with Crippen molar-refractivity contribution < 1.29 is 13.6 Å². The zero-order valence-corrected chi connectivity index (χ0v) is 14.5. The van der Waals surface area contributed by atoms with Crippen LogP contribution in [0.15, 0.2) is 60.8 Å². The summed E-state index contributed by atoms with van der Waals surface area (Å²) >= 11 is 0. The number of rotatable bonds is 4. The lowest BCUT2D eigenvalue weighted by atomic mass is 10.1. The minimum atomic E-state index is -0.300. The fourth-order valence-corrected chi connectivity index (χ4v) is 3.23. The first kappa shape index (κ1) is 17.1. The summed E-state index contributed by atoms with van der Waals surface area (Å²) in [6, 6.07) is 14.0. The minimum Gasteiger partial charge on any atom is -0.365 e. The summed E-state index contributed by atoms with van der Waals surface area (Å²) in [7, 11) is 0. The van der Waals surface area contributed by atoms with Crippen LogP contribution in [0, 0.1) is 11.6 Å². The predicted molar refractivity (Wildman–Crippen MR) is 99.7 cm³/mol. The van der Waals surface area contributed by atoms with Gasteiger partial charge in [-0.2, -0.15) is 0 Å². The molecule has 0 spiro atoms. The van der Waals surface area contributed by atoms with Crippen LogP contribution in [-0.2, 0) is 13.0 Å². The van der Waals surface area contributed by atoms with Crippen LogP contribution in [0.1, 0.15) is 21.5 Å². The molecule has 27 heavy (non-hydrogen) atoms. The Hall–Kier alpha value is -3.28. The molecule has 1 aromatic heterocycles. The van der Waals surface area contributed by atoms with Gasteiger partial charge in [-0.15, -0.1) is 0 Å². The molecule has 4 rings (SSSR count). The lowest BCUT2D eigenvalue weighted by molar-refractivity contribution is 0.0990. The number of nitrogens with zero attached hydrogens (tertiary/aromatic N) is 2. The smallest absolute Gasteiger partial charge is 0.262 e. The first-order valence-corrected chi connectivity index (χ1v) is 8.65. The van der Waals surface area contributed by atoms with E-state index in [4.69, 9.17) is 0 Å². The Balaban J connectivity index is 1.56. The Labute approximate surface area is 155 Å². The molecular weight excluding hydrogens is 348 g/mol. The van der Waals surface area contributed by atoms with Gasteiger partial charge in [0.05, 0.1) is 5.56 Å². The second-order valence-electron chi connectivity index (χ2n) is 6.36. The molecule has 1 aliphatic heterocycles. The highest BCUT2D eigenvalue weighted by Gasteiger charge is 2.27. The molecule has 0 saturated heterocycles. The third kappa shape index (κ3) is 3.51. The van der Waals surface area contributed by atoms with Gasteiger partial charge < -0.3 is 10.2 Å². The maximum absolute atomic E-state index is 13.4. The number of pyridine rings is 1. The number of benzene rings is 2. The van der Waals surface area contributed by atoms with Crippen LogP contribution in [0.3, 0.4) is 0 Å². The molecule has 0 aliphatic carbocycles. The molecule has 3 aromatic rings. The summed E-state index contributed by atoms with van der Waals surface area (Å²) in [4.78, 5) is 19.0. The maximum atomic E-state index is 13.4. The van der Waals surface area contributed by atoms with Crippen molar-refractivity contribution in [1.82, 2.24) is 4.98 Å². The molecule has 0 atom stereocenters.